The first-order valence-electron chi connectivity index (χ1n) is 11.7. The molecule has 43 heavy (non-hydrogen) atoms. The van der Waals surface area contributed by atoms with Gasteiger partial charge in [-0.1, -0.05) is 6.07 Å². The Morgan fingerprint density at radius 3 is 1.19 bits per heavy atom. The summed E-state index contributed by atoms with van der Waals surface area (Å²) in [6.07, 6.45) is -22.9. The second-order valence-electron chi connectivity index (χ2n) is 9.40. The molecule has 1 aromatic carbocycles. The number of carboxylic acid groups (broad SMARTS) is 1. The number of rotatable bonds is 15. The van der Waals surface area contributed by atoms with E-state index in [-0.39, 0.29) is 11.1 Å². The quantitative estimate of drug-likeness (QED) is 0.149. The minimum Gasteiger partial charge on any atom is -0.478 e. The number of aryl methyl sites for hydroxylation is 2. The van der Waals surface area contributed by atoms with Crippen LogP contribution in [0.5, 0.6) is 0 Å². The van der Waals surface area contributed by atoms with Crippen LogP contribution in [0.4, 0.5) is 79.0 Å². The molecule has 0 saturated heterocycles. The van der Waals surface area contributed by atoms with E-state index in [0.29, 0.717) is 0 Å². The van der Waals surface area contributed by atoms with Crippen LogP contribution in [-0.4, -0.2) is 59.0 Å². The Bertz CT molecular complexity index is 1100. The molecule has 0 aliphatic carbocycles. The molecular formula is C23H20F18O2. The molecule has 0 aromatic heterocycles. The highest BCUT2D eigenvalue weighted by atomic mass is 19.4. The third-order valence-electron chi connectivity index (χ3n) is 6.25. The molecule has 1 aromatic rings. The fraction of sp³-hybridized carbons (Fsp3) is 0.696. The third-order valence-corrected chi connectivity index (χ3v) is 6.25. The fourth-order valence-electron chi connectivity index (χ4n) is 3.69. The monoisotopic (exact) mass is 670 g/mol. The van der Waals surface area contributed by atoms with Gasteiger partial charge in [-0.15, -0.1) is 0 Å². The average Bonchev–Trinajstić information content (AvgIpc) is 2.82. The number of unbranched alkanes of at least 4 members (excludes halogenated alkanes) is 2. The van der Waals surface area contributed by atoms with Crippen LogP contribution >= 0.6 is 0 Å². The van der Waals surface area contributed by atoms with Gasteiger partial charge in [0.1, 0.15) is 0 Å². The van der Waals surface area contributed by atoms with Gasteiger partial charge in [0.2, 0.25) is 0 Å². The Labute approximate surface area is 230 Å². The maximum absolute atomic E-state index is 13.7. The molecule has 1 N–H and O–H groups in total. The van der Waals surface area contributed by atoms with E-state index in [1.165, 1.54) is 0 Å². The highest BCUT2D eigenvalue weighted by molar-refractivity contribution is 5.87. The molecule has 0 aliphatic heterocycles. The molecule has 0 atom stereocenters. The first-order chi connectivity index (χ1) is 19.0. The zero-order chi connectivity index (χ0) is 34.1. The molecule has 20 heteroatoms. The maximum atomic E-state index is 13.7. The van der Waals surface area contributed by atoms with Crippen molar-refractivity contribution in [3.8, 4) is 0 Å². The summed E-state index contributed by atoms with van der Waals surface area (Å²) in [5.74, 6) is -41.2. The van der Waals surface area contributed by atoms with Gasteiger partial charge in [0, 0.05) is 12.8 Å². The van der Waals surface area contributed by atoms with Gasteiger partial charge >= 0.3 is 53.9 Å². The summed E-state index contributed by atoms with van der Waals surface area (Å²) in [6, 6.07) is 2.76. The van der Waals surface area contributed by atoms with E-state index in [9.17, 15) is 83.8 Å². The van der Waals surface area contributed by atoms with Crippen LogP contribution in [-0.2, 0) is 12.8 Å². The van der Waals surface area contributed by atoms with Crippen molar-refractivity contribution >= 4 is 5.97 Å². The lowest BCUT2D eigenvalue weighted by atomic mass is 9.92. The summed E-state index contributed by atoms with van der Waals surface area (Å²) in [7, 11) is 0. The van der Waals surface area contributed by atoms with Crippen LogP contribution in [0.15, 0.2) is 18.2 Å². The lowest BCUT2D eigenvalue weighted by molar-refractivity contribution is -0.396. The molecule has 1 rings (SSSR count). The minimum absolute atomic E-state index is 0.0265. The van der Waals surface area contributed by atoms with E-state index < -0.39 is 111 Å². The Kier molecular flexibility index (Phi) is 11.1. The number of carboxylic acids is 1. The summed E-state index contributed by atoms with van der Waals surface area (Å²) < 4.78 is 233. The molecule has 0 saturated carbocycles. The van der Waals surface area contributed by atoms with Gasteiger partial charge in [-0.05, 0) is 61.8 Å². The van der Waals surface area contributed by atoms with Crippen molar-refractivity contribution in [1.29, 1.82) is 0 Å². The molecule has 0 amide bonds. The van der Waals surface area contributed by atoms with E-state index in [1.54, 1.807) is 0 Å². The summed E-state index contributed by atoms with van der Waals surface area (Å²) in [4.78, 5) is 11.2. The summed E-state index contributed by atoms with van der Waals surface area (Å²) >= 11 is 0. The average molecular weight is 670 g/mol. The number of carbonyl (C=O) groups is 1. The van der Waals surface area contributed by atoms with Gasteiger partial charge in [0.25, 0.3) is 0 Å². The lowest BCUT2D eigenvalue weighted by Gasteiger charge is -2.33. The molecular weight excluding hydrogens is 650 g/mol. The van der Waals surface area contributed by atoms with E-state index in [1.807, 2.05) is 0 Å². The predicted molar refractivity (Wildman–Crippen MR) is 110 cm³/mol. The maximum Gasteiger partial charge on any atom is 0.460 e. The molecule has 0 unspecified atom stereocenters. The van der Waals surface area contributed by atoms with E-state index in [4.69, 9.17) is 5.11 Å². The lowest BCUT2D eigenvalue weighted by Crippen LogP contribution is -2.60. The number of alkyl halides is 18. The number of hydrogen-bond donors (Lipinski definition) is 1. The molecule has 0 fully saturated rings. The van der Waals surface area contributed by atoms with Crippen molar-refractivity contribution in [2.75, 3.05) is 0 Å². The molecule has 0 spiro atoms. The van der Waals surface area contributed by atoms with Gasteiger partial charge in [-0.25, -0.2) is 4.79 Å². The molecule has 0 bridgehead atoms. The number of halogens is 18. The first kappa shape index (κ1) is 38.5. The Hall–Kier alpha value is -2.57. The van der Waals surface area contributed by atoms with E-state index >= 15 is 0 Å². The molecule has 250 valence electrons. The van der Waals surface area contributed by atoms with Gasteiger partial charge in [0.15, 0.2) is 0 Å². The van der Waals surface area contributed by atoms with Crippen molar-refractivity contribution in [1.82, 2.24) is 0 Å². The SMILES string of the molecule is O=C(O)c1ccc(CCCCC(F)(F)C(F)(F)C(F)(F)C(F)(F)F)c(CCCCC(F)(F)C(F)(F)C(F)(F)C(F)(F)F)c1. The van der Waals surface area contributed by atoms with Gasteiger partial charge < -0.3 is 5.11 Å². The van der Waals surface area contributed by atoms with Crippen LogP contribution in [0.3, 0.4) is 0 Å². The Morgan fingerprint density at radius 1 is 0.512 bits per heavy atom. The molecule has 0 aliphatic rings. The van der Waals surface area contributed by atoms with Gasteiger partial charge in [-0.2, -0.15) is 79.0 Å². The zero-order valence-corrected chi connectivity index (χ0v) is 21.0. The second-order valence-corrected chi connectivity index (χ2v) is 9.40. The highest BCUT2D eigenvalue weighted by Gasteiger charge is 2.82. The minimum atomic E-state index is -7.10. The van der Waals surface area contributed by atoms with E-state index in [2.05, 4.69) is 0 Å². The Balaban J connectivity index is 2.96. The smallest absolute Gasteiger partial charge is 0.460 e. The third kappa shape index (κ3) is 7.75. The predicted octanol–water partition coefficient (Wildman–Crippen LogP) is 9.75. The number of hydrogen-bond acceptors (Lipinski definition) is 1. The van der Waals surface area contributed by atoms with Crippen LogP contribution in [0, 0.1) is 0 Å². The number of benzene rings is 1. The Morgan fingerprint density at radius 2 is 0.860 bits per heavy atom. The second kappa shape index (κ2) is 12.4. The van der Waals surface area contributed by atoms with Crippen molar-refractivity contribution in [2.24, 2.45) is 0 Å². The van der Waals surface area contributed by atoms with Crippen LogP contribution in [0.1, 0.15) is 60.0 Å². The first-order valence-corrected chi connectivity index (χ1v) is 11.7. The van der Waals surface area contributed by atoms with Crippen molar-refractivity contribution in [3.05, 3.63) is 34.9 Å². The van der Waals surface area contributed by atoms with Crippen LogP contribution < -0.4 is 0 Å². The normalized spacial score (nSPS) is 14.7. The number of aromatic carboxylic acids is 1. The zero-order valence-electron chi connectivity index (χ0n) is 21.0. The van der Waals surface area contributed by atoms with Gasteiger partial charge in [-0.3, -0.25) is 0 Å². The molecule has 0 radical (unpaired) electrons. The molecule has 0 heterocycles. The summed E-state index contributed by atoms with van der Waals surface area (Å²) in [5, 5.41) is 9.07. The van der Waals surface area contributed by atoms with Crippen molar-refractivity contribution in [2.45, 2.75) is 99.3 Å². The largest absolute Gasteiger partial charge is 0.478 e. The summed E-state index contributed by atoms with van der Waals surface area (Å²) in [6.45, 7) is 0. The van der Waals surface area contributed by atoms with Crippen LogP contribution in [0.25, 0.3) is 0 Å². The van der Waals surface area contributed by atoms with Crippen LogP contribution in [0.2, 0.25) is 0 Å². The van der Waals surface area contributed by atoms with Gasteiger partial charge in [0.05, 0.1) is 5.56 Å². The topological polar surface area (TPSA) is 37.3 Å². The highest BCUT2D eigenvalue weighted by Crippen LogP contribution is 2.55. The standard InChI is InChI=1S/C23H20F18O2/c24-16(25,18(28,29)20(32,33)22(36,37)38)9-3-1-5-12-7-8-14(15(42)43)11-13(12)6-2-4-10-17(26,27)19(30,31)21(34,35)23(39,40)41/h7-8,11H,1-6,9-10H2,(H,42,43). The van der Waals surface area contributed by atoms with E-state index in [0.717, 1.165) is 18.2 Å². The summed E-state index contributed by atoms with van der Waals surface area (Å²) in [5.41, 5.74) is -0.640. The fourth-order valence-corrected chi connectivity index (χ4v) is 3.69. The van der Waals surface area contributed by atoms with Crippen molar-refractivity contribution in [3.63, 3.8) is 0 Å². The molecule has 2 nitrogen and oxygen atoms in total. The van der Waals surface area contributed by atoms with Crippen molar-refractivity contribution < 1.29 is 88.9 Å².